The van der Waals surface area contributed by atoms with E-state index in [-0.39, 0.29) is 25.7 Å². The van der Waals surface area contributed by atoms with E-state index in [2.05, 4.69) is 55.4 Å². The molecule has 0 aromatic carbocycles. The molecule has 7 atom stereocenters. The fourth-order valence-corrected chi connectivity index (χ4v) is 13.6. The SMILES string of the molecule is CCC(C)CCCCCCCCCCCCCCCCC(=O)OC[C@H](COP(=O)(O)OC[C@@H](O)COP(=O)(O)OC[C@@H](COC(=O)CCCCCCCCC(C)C)OC(=O)CCCCCCCCCCC(C)CC)OC(=O)CCCCCCCCCCCCCCCCCCC(C)C. The van der Waals surface area contributed by atoms with Gasteiger partial charge in [-0.3, -0.25) is 37.3 Å². The van der Waals surface area contributed by atoms with Crippen molar-refractivity contribution in [2.24, 2.45) is 23.7 Å². The summed E-state index contributed by atoms with van der Waals surface area (Å²) in [5.41, 5.74) is 0. The number of hydrogen-bond acceptors (Lipinski definition) is 15. The van der Waals surface area contributed by atoms with E-state index >= 15 is 0 Å². The average Bonchev–Trinajstić information content (AvgIpc) is 1.02. The molecule has 17 nitrogen and oxygen atoms in total. The molecule has 3 N–H and O–H groups in total. The number of hydrogen-bond donors (Lipinski definition) is 3. The number of phosphoric ester groups is 2. The number of phosphoric acid groups is 2. The van der Waals surface area contributed by atoms with E-state index in [1.807, 2.05) is 0 Å². The van der Waals surface area contributed by atoms with E-state index in [4.69, 9.17) is 37.0 Å². The maximum absolute atomic E-state index is 13.1. The van der Waals surface area contributed by atoms with Crippen molar-refractivity contribution in [2.75, 3.05) is 39.6 Å². The van der Waals surface area contributed by atoms with Crippen molar-refractivity contribution in [1.29, 1.82) is 0 Å². The lowest BCUT2D eigenvalue weighted by Crippen LogP contribution is -2.30. The quantitative estimate of drug-likeness (QED) is 0.0222. The summed E-state index contributed by atoms with van der Waals surface area (Å²) in [6, 6.07) is 0. The molecule has 4 unspecified atom stereocenters. The molecule has 0 aliphatic carbocycles. The standard InChI is InChI=1S/C79H154O17P2/c1-9-71(7)57-49-41-32-26-22-18-15-16-19-23-27-34-43-51-59-76(81)89-65-74(95-78(83)61-53-45-35-28-24-20-14-12-11-13-17-21-25-31-39-47-55-69(3)4)67-93-97(85,86)91-63-73(80)64-92-98(87,88)94-68-75(66-90-77(82)60-52-44-38-37-40-48-56-70(5)6)96-79(84)62-54-46-36-30-29-33-42-50-58-72(8)10-2/h69-75,80H,9-68H2,1-8H3,(H,85,86)(H,87,88)/t71?,72?,73-,74-,75-/m1/s1. The Bertz CT molecular complexity index is 1920. The lowest BCUT2D eigenvalue weighted by Gasteiger charge is -2.21. The Kier molecular flexibility index (Phi) is 66.8. The third-order valence-electron chi connectivity index (χ3n) is 19.0. The van der Waals surface area contributed by atoms with Gasteiger partial charge in [0.1, 0.15) is 19.3 Å². The van der Waals surface area contributed by atoms with Crippen molar-refractivity contribution in [3.8, 4) is 0 Å². The van der Waals surface area contributed by atoms with Gasteiger partial charge in [-0.25, -0.2) is 9.13 Å². The lowest BCUT2D eigenvalue weighted by atomic mass is 9.99. The van der Waals surface area contributed by atoms with Crippen LogP contribution in [0.25, 0.3) is 0 Å². The zero-order valence-corrected chi connectivity index (χ0v) is 66.2. The van der Waals surface area contributed by atoms with Crippen LogP contribution in [-0.4, -0.2) is 96.7 Å². The Balaban J connectivity index is 5.23. The summed E-state index contributed by atoms with van der Waals surface area (Å²) in [6.45, 7) is 14.2. The zero-order chi connectivity index (χ0) is 72.4. The topological polar surface area (TPSA) is 237 Å². The zero-order valence-electron chi connectivity index (χ0n) is 64.4. The van der Waals surface area contributed by atoms with Crippen LogP contribution < -0.4 is 0 Å². The van der Waals surface area contributed by atoms with E-state index in [9.17, 15) is 43.2 Å². The van der Waals surface area contributed by atoms with Crippen LogP contribution in [0.2, 0.25) is 0 Å². The summed E-state index contributed by atoms with van der Waals surface area (Å²) in [4.78, 5) is 72.9. The Morgan fingerprint density at radius 3 is 0.724 bits per heavy atom. The van der Waals surface area contributed by atoms with Gasteiger partial charge in [-0.1, -0.05) is 351 Å². The van der Waals surface area contributed by atoms with Gasteiger partial charge in [-0.05, 0) is 49.4 Å². The normalized spacial score (nSPS) is 14.6. The first-order chi connectivity index (χ1) is 47.2. The second-order valence-corrected chi connectivity index (χ2v) is 32.8. The number of rotatable bonds is 76. The number of carbonyl (C=O) groups is 4. The number of esters is 4. The van der Waals surface area contributed by atoms with Gasteiger partial charge in [0.2, 0.25) is 0 Å². The number of aliphatic hydroxyl groups is 1. The minimum atomic E-state index is -4.96. The van der Waals surface area contributed by atoms with Crippen molar-refractivity contribution in [3.63, 3.8) is 0 Å². The predicted molar refractivity (Wildman–Crippen MR) is 400 cm³/mol. The minimum Gasteiger partial charge on any atom is -0.462 e. The van der Waals surface area contributed by atoms with Crippen molar-refractivity contribution in [1.82, 2.24) is 0 Å². The fourth-order valence-electron chi connectivity index (χ4n) is 12.0. The highest BCUT2D eigenvalue weighted by atomic mass is 31.2. The van der Waals surface area contributed by atoms with Crippen LogP contribution in [-0.2, 0) is 65.4 Å². The number of unbranched alkanes of at least 4 members (excludes halogenated alkanes) is 40. The van der Waals surface area contributed by atoms with Gasteiger partial charge >= 0.3 is 39.5 Å². The third-order valence-corrected chi connectivity index (χ3v) is 20.9. The van der Waals surface area contributed by atoms with Crippen LogP contribution in [0.1, 0.15) is 402 Å². The molecule has 0 heterocycles. The highest BCUT2D eigenvalue weighted by Gasteiger charge is 2.30. The van der Waals surface area contributed by atoms with Gasteiger partial charge in [-0.15, -0.1) is 0 Å². The Labute approximate surface area is 600 Å². The minimum absolute atomic E-state index is 0.104. The monoisotopic (exact) mass is 1440 g/mol. The molecule has 0 aromatic rings. The third kappa shape index (κ3) is 69.8. The van der Waals surface area contributed by atoms with Gasteiger partial charge in [0.05, 0.1) is 26.4 Å². The number of carbonyl (C=O) groups excluding carboxylic acids is 4. The fraction of sp³-hybridized carbons (Fsp3) is 0.949. The van der Waals surface area contributed by atoms with Crippen molar-refractivity contribution < 1.29 is 80.2 Å². The molecule has 0 radical (unpaired) electrons. The number of ether oxygens (including phenoxy) is 4. The van der Waals surface area contributed by atoms with Gasteiger partial charge < -0.3 is 33.8 Å². The molecule has 0 aliphatic heterocycles. The van der Waals surface area contributed by atoms with Crippen LogP contribution in [0.3, 0.4) is 0 Å². The first-order valence-electron chi connectivity index (χ1n) is 40.8. The van der Waals surface area contributed by atoms with Crippen LogP contribution in [0, 0.1) is 23.7 Å². The molecule has 0 rings (SSSR count). The maximum atomic E-state index is 13.1. The summed E-state index contributed by atoms with van der Waals surface area (Å²) in [5, 5.41) is 10.6. The molecule has 0 fully saturated rings. The highest BCUT2D eigenvalue weighted by Crippen LogP contribution is 2.45. The Morgan fingerprint density at radius 1 is 0.286 bits per heavy atom. The van der Waals surface area contributed by atoms with Gasteiger partial charge in [0.15, 0.2) is 12.2 Å². The second kappa shape index (κ2) is 68.2. The number of aliphatic hydroxyl groups excluding tert-OH is 1. The Hall–Kier alpha value is -1.94. The van der Waals surface area contributed by atoms with Gasteiger partial charge in [0.25, 0.3) is 0 Å². The molecule has 0 aliphatic rings. The summed E-state index contributed by atoms with van der Waals surface area (Å²) in [7, 11) is -9.92. The molecule has 98 heavy (non-hydrogen) atoms. The maximum Gasteiger partial charge on any atom is 0.472 e. The second-order valence-electron chi connectivity index (χ2n) is 29.9. The van der Waals surface area contributed by atoms with E-state index in [0.717, 1.165) is 114 Å². The smallest absolute Gasteiger partial charge is 0.462 e. The lowest BCUT2D eigenvalue weighted by molar-refractivity contribution is -0.161. The summed E-state index contributed by atoms with van der Waals surface area (Å²) in [5.74, 6) is 0.988. The summed E-state index contributed by atoms with van der Waals surface area (Å²) in [6.07, 6.45) is 54.2. The highest BCUT2D eigenvalue weighted by molar-refractivity contribution is 7.47. The van der Waals surface area contributed by atoms with Gasteiger partial charge in [-0.2, -0.15) is 0 Å². The van der Waals surface area contributed by atoms with E-state index < -0.39 is 97.5 Å². The molecule has 582 valence electrons. The first-order valence-corrected chi connectivity index (χ1v) is 43.8. The van der Waals surface area contributed by atoms with E-state index in [0.29, 0.717) is 31.6 Å². The molecule has 0 spiro atoms. The largest absolute Gasteiger partial charge is 0.472 e. The molecule has 0 amide bonds. The molecule has 0 saturated heterocycles. The van der Waals surface area contributed by atoms with Crippen LogP contribution in [0.15, 0.2) is 0 Å². The van der Waals surface area contributed by atoms with Crippen LogP contribution >= 0.6 is 15.6 Å². The molecule has 0 saturated carbocycles. The average molecular weight is 1440 g/mol. The summed E-state index contributed by atoms with van der Waals surface area (Å²) < 4.78 is 68.6. The van der Waals surface area contributed by atoms with E-state index in [1.165, 1.54) is 199 Å². The van der Waals surface area contributed by atoms with E-state index in [1.54, 1.807) is 0 Å². The Morgan fingerprint density at radius 2 is 0.490 bits per heavy atom. The van der Waals surface area contributed by atoms with Crippen LogP contribution in [0.4, 0.5) is 0 Å². The molecule has 19 heteroatoms. The van der Waals surface area contributed by atoms with Crippen molar-refractivity contribution in [3.05, 3.63) is 0 Å². The van der Waals surface area contributed by atoms with Crippen molar-refractivity contribution in [2.45, 2.75) is 420 Å². The van der Waals surface area contributed by atoms with Crippen molar-refractivity contribution >= 4 is 39.5 Å². The molecule has 0 aromatic heterocycles. The predicted octanol–water partition coefficient (Wildman–Crippen LogP) is 23.2. The molecular weight excluding hydrogens is 1280 g/mol. The summed E-state index contributed by atoms with van der Waals surface area (Å²) >= 11 is 0. The molecule has 0 bridgehead atoms. The van der Waals surface area contributed by atoms with Crippen LogP contribution in [0.5, 0.6) is 0 Å². The van der Waals surface area contributed by atoms with Gasteiger partial charge in [0, 0.05) is 25.7 Å². The molecular formula is C79H154O17P2. The first kappa shape index (κ1) is 96.1.